The molecule has 4 aromatic rings. The molecule has 0 spiro atoms. The highest BCUT2D eigenvalue weighted by atomic mass is 19.1. The van der Waals surface area contributed by atoms with E-state index in [1.165, 1.54) is 0 Å². The number of anilines is 1. The van der Waals surface area contributed by atoms with Gasteiger partial charge in [0.05, 0.1) is 55.0 Å². The van der Waals surface area contributed by atoms with Crippen molar-refractivity contribution >= 4 is 22.8 Å². The highest BCUT2D eigenvalue weighted by Crippen LogP contribution is 2.32. The number of ether oxygens (including phenoxy) is 1. The minimum atomic E-state index is -0.859. The van der Waals surface area contributed by atoms with Gasteiger partial charge < -0.3 is 15.0 Å². The molecule has 3 aromatic heterocycles. The van der Waals surface area contributed by atoms with Crippen LogP contribution >= 0.6 is 0 Å². The molecule has 0 unspecified atom stereocenters. The lowest BCUT2D eigenvalue weighted by Crippen LogP contribution is -2.33. The molecule has 0 bridgehead atoms. The van der Waals surface area contributed by atoms with Crippen molar-refractivity contribution in [2.24, 2.45) is 0 Å². The fourth-order valence-electron chi connectivity index (χ4n) is 5.01. The zero-order valence-electron chi connectivity index (χ0n) is 21.4. The van der Waals surface area contributed by atoms with Crippen molar-refractivity contribution in [3.63, 3.8) is 0 Å². The summed E-state index contributed by atoms with van der Waals surface area (Å²) in [4.78, 5) is 33.0. The number of amides is 1. The Kier molecular flexibility index (Phi) is 6.37. The first kappa shape index (κ1) is 24.8. The van der Waals surface area contributed by atoms with Gasteiger partial charge in [0.1, 0.15) is 11.6 Å². The zero-order chi connectivity index (χ0) is 27.0. The number of carbonyl (C=O) groups excluding carboxylic acids is 1. The van der Waals surface area contributed by atoms with Gasteiger partial charge in [-0.1, -0.05) is 6.07 Å². The molecular weight excluding hydrogens is 497 g/mol. The molecule has 0 aliphatic carbocycles. The summed E-state index contributed by atoms with van der Waals surface area (Å²) in [6.45, 7) is 3.65. The second-order valence-electron chi connectivity index (χ2n) is 10.1. The highest BCUT2D eigenvalue weighted by molar-refractivity contribution is 5.94. The monoisotopic (exact) mass is 523 g/mol. The Morgan fingerprint density at radius 2 is 2.08 bits per heavy atom. The summed E-state index contributed by atoms with van der Waals surface area (Å²) in [5.74, 6) is 0.247. The third kappa shape index (κ3) is 4.89. The smallest absolute Gasteiger partial charge is 0.251 e. The predicted octanol–water partition coefficient (Wildman–Crippen LogP) is 3.88. The number of pyridine rings is 2. The molecule has 1 saturated heterocycles. The van der Waals surface area contributed by atoms with Crippen molar-refractivity contribution in [2.45, 2.75) is 38.1 Å². The van der Waals surface area contributed by atoms with Crippen LogP contribution in [0.3, 0.4) is 0 Å². The lowest BCUT2D eigenvalue weighted by atomic mass is 9.79. The molecule has 1 N–H and O–H groups in total. The van der Waals surface area contributed by atoms with Crippen LogP contribution in [0, 0.1) is 11.3 Å². The maximum absolute atomic E-state index is 13.7. The molecule has 9 nitrogen and oxygen atoms in total. The summed E-state index contributed by atoms with van der Waals surface area (Å²) in [5, 5.41) is 13.4. The fourth-order valence-corrected chi connectivity index (χ4v) is 5.01. The third-order valence-electron chi connectivity index (χ3n) is 7.24. The largest absolute Gasteiger partial charge is 0.375 e. The molecule has 2 aliphatic heterocycles. The summed E-state index contributed by atoms with van der Waals surface area (Å²) >= 11 is 0. The molecular formula is C29H26FN7O2. The number of rotatable bonds is 5. The van der Waals surface area contributed by atoms with E-state index in [1.807, 2.05) is 36.1 Å². The van der Waals surface area contributed by atoms with Crippen molar-refractivity contribution in [2.75, 3.05) is 24.6 Å². The number of hydrogen-bond acceptors (Lipinski definition) is 8. The number of hydrogen-bond donors (Lipinski definition) is 1. The van der Waals surface area contributed by atoms with Gasteiger partial charge in [-0.2, -0.15) is 5.26 Å². The van der Waals surface area contributed by atoms with E-state index in [2.05, 4.69) is 26.3 Å². The van der Waals surface area contributed by atoms with Crippen molar-refractivity contribution in [3.05, 3.63) is 77.2 Å². The summed E-state index contributed by atoms with van der Waals surface area (Å²) in [6, 6.07) is 15.1. The number of benzene rings is 1. The lowest BCUT2D eigenvalue weighted by Gasteiger charge is -2.30. The topological polar surface area (TPSA) is 117 Å². The summed E-state index contributed by atoms with van der Waals surface area (Å²) in [5.41, 5.74) is 4.13. The van der Waals surface area contributed by atoms with Crippen molar-refractivity contribution in [3.8, 4) is 17.5 Å². The fraction of sp³-hybridized carbons (Fsp3) is 0.310. The van der Waals surface area contributed by atoms with Crippen molar-refractivity contribution in [1.29, 1.82) is 5.26 Å². The summed E-state index contributed by atoms with van der Waals surface area (Å²) in [7, 11) is 0. The van der Waals surface area contributed by atoms with Gasteiger partial charge in [0.2, 0.25) is 5.95 Å². The van der Waals surface area contributed by atoms with Gasteiger partial charge in [-0.05, 0) is 60.9 Å². The first-order valence-corrected chi connectivity index (χ1v) is 12.8. The first-order valence-electron chi connectivity index (χ1n) is 12.8. The van der Waals surface area contributed by atoms with Crippen molar-refractivity contribution in [1.82, 2.24) is 25.3 Å². The Morgan fingerprint density at radius 1 is 1.21 bits per heavy atom. The number of nitriles is 1. The van der Waals surface area contributed by atoms with E-state index in [4.69, 9.17) is 9.72 Å². The maximum Gasteiger partial charge on any atom is 0.251 e. The zero-order valence-corrected chi connectivity index (χ0v) is 21.4. The van der Waals surface area contributed by atoms with Gasteiger partial charge >= 0.3 is 0 Å². The van der Waals surface area contributed by atoms with Gasteiger partial charge in [0.25, 0.3) is 5.91 Å². The van der Waals surface area contributed by atoms with Gasteiger partial charge in [0.15, 0.2) is 0 Å². The SMILES string of the molecule is C[C@@]1(C#N)COCc2ccc(C(=O)NCc3cc4nc(-c5ccnc(N6CC[C@@H](F)C6)n5)ccc4cn3)cc21. The third-order valence-corrected chi connectivity index (χ3v) is 7.24. The van der Waals surface area contributed by atoms with Crippen LogP contribution in [0.1, 0.15) is 40.5 Å². The molecule has 196 valence electrons. The number of fused-ring (bicyclic) bond motifs is 2. The molecule has 1 amide bonds. The normalized spacial score (nSPS) is 20.4. The van der Waals surface area contributed by atoms with E-state index >= 15 is 0 Å². The molecule has 2 atom stereocenters. The summed E-state index contributed by atoms with van der Waals surface area (Å²) in [6.07, 6.45) is 3.01. The molecule has 6 rings (SSSR count). The van der Waals surface area contributed by atoms with E-state index in [0.717, 1.165) is 22.0 Å². The molecule has 5 heterocycles. The van der Waals surface area contributed by atoms with Gasteiger partial charge in [0, 0.05) is 29.9 Å². The minimum Gasteiger partial charge on any atom is -0.375 e. The standard InChI is InChI=1S/C29H26FN7O2/c1-29(16-31)17-39-15-20-3-2-18(10-23(20)29)27(38)34-13-22-11-26-19(12-33-22)4-5-24(35-26)25-6-8-32-28(36-25)37-9-7-21(30)14-37/h2-6,8,10-12,21H,7,9,13-15,17H2,1H3,(H,34,38)/t21-,29-/m1/s1. The molecule has 10 heteroatoms. The Bertz CT molecular complexity index is 1620. The molecule has 0 radical (unpaired) electrons. The highest BCUT2D eigenvalue weighted by Gasteiger charge is 2.33. The Hall–Kier alpha value is -4.49. The Labute approximate surface area is 224 Å². The van der Waals surface area contributed by atoms with Crippen LogP contribution in [0.4, 0.5) is 10.3 Å². The van der Waals surface area contributed by atoms with Crippen LogP contribution in [0.25, 0.3) is 22.3 Å². The van der Waals surface area contributed by atoms with E-state index in [0.29, 0.717) is 61.3 Å². The van der Waals surface area contributed by atoms with Crippen LogP contribution in [0.2, 0.25) is 0 Å². The Morgan fingerprint density at radius 3 is 2.90 bits per heavy atom. The second-order valence-corrected chi connectivity index (χ2v) is 10.1. The van der Waals surface area contributed by atoms with Crippen LogP contribution in [0.5, 0.6) is 0 Å². The quantitative estimate of drug-likeness (QED) is 0.419. The van der Waals surface area contributed by atoms with Crippen LogP contribution in [-0.4, -0.2) is 51.7 Å². The average Bonchev–Trinajstić information content (AvgIpc) is 3.42. The van der Waals surface area contributed by atoms with Crippen LogP contribution in [-0.2, 0) is 23.3 Å². The number of carbonyl (C=O) groups is 1. The number of nitrogens with zero attached hydrogens (tertiary/aromatic N) is 6. The van der Waals surface area contributed by atoms with E-state index < -0.39 is 11.6 Å². The molecule has 0 saturated carbocycles. The van der Waals surface area contributed by atoms with E-state index in [1.54, 1.807) is 30.6 Å². The molecule has 1 fully saturated rings. The molecule has 1 aromatic carbocycles. The van der Waals surface area contributed by atoms with Crippen LogP contribution in [0.15, 0.2) is 54.9 Å². The lowest BCUT2D eigenvalue weighted by molar-refractivity contribution is 0.0757. The van der Waals surface area contributed by atoms with Crippen molar-refractivity contribution < 1.29 is 13.9 Å². The number of alkyl halides is 1. The number of halogens is 1. The number of nitrogens with one attached hydrogen (secondary N) is 1. The van der Waals surface area contributed by atoms with E-state index in [9.17, 15) is 14.4 Å². The second kappa shape index (κ2) is 10.0. The first-order chi connectivity index (χ1) is 18.9. The predicted molar refractivity (Wildman–Crippen MR) is 143 cm³/mol. The Balaban J connectivity index is 1.19. The van der Waals surface area contributed by atoms with Gasteiger partial charge in [-0.3, -0.25) is 9.78 Å². The summed E-state index contributed by atoms with van der Waals surface area (Å²) < 4.78 is 19.2. The minimum absolute atomic E-state index is 0.216. The molecule has 2 aliphatic rings. The van der Waals surface area contributed by atoms with Gasteiger partial charge in [-0.25, -0.2) is 19.3 Å². The molecule has 39 heavy (non-hydrogen) atoms. The number of aromatic nitrogens is 4. The van der Waals surface area contributed by atoms with E-state index in [-0.39, 0.29) is 12.5 Å². The van der Waals surface area contributed by atoms with Crippen LogP contribution < -0.4 is 10.2 Å². The maximum atomic E-state index is 13.7. The van der Waals surface area contributed by atoms with Gasteiger partial charge in [-0.15, -0.1) is 0 Å². The average molecular weight is 524 g/mol.